The molecule has 1 amide bonds. The molecule has 1 fully saturated rings. The predicted octanol–water partition coefficient (Wildman–Crippen LogP) is 2.74. The molecular formula is C26H30N4O2. The molecule has 0 saturated carbocycles. The van der Waals surface area contributed by atoms with Gasteiger partial charge in [-0.2, -0.15) is 0 Å². The molecule has 1 aliphatic rings. The molecule has 1 atom stereocenters. The maximum atomic E-state index is 13.1. The number of carbonyl (C=O) groups is 1. The number of anilines is 1. The van der Waals surface area contributed by atoms with Crippen LogP contribution in [-0.2, 0) is 13.0 Å². The van der Waals surface area contributed by atoms with Crippen molar-refractivity contribution in [2.45, 2.75) is 19.0 Å². The van der Waals surface area contributed by atoms with E-state index in [1.165, 1.54) is 5.56 Å². The second-order valence-corrected chi connectivity index (χ2v) is 8.17. The highest BCUT2D eigenvalue weighted by Gasteiger charge is 2.24. The Morgan fingerprint density at radius 3 is 2.22 bits per heavy atom. The van der Waals surface area contributed by atoms with Gasteiger partial charge in [0.05, 0.1) is 18.2 Å². The number of benzene rings is 2. The summed E-state index contributed by atoms with van der Waals surface area (Å²) in [6.07, 6.45) is 2.31. The second kappa shape index (κ2) is 10.9. The van der Waals surface area contributed by atoms with E-state index in [2.05, 4.69) is 44.4 Å². The largest absolute Gasteiger partial charge is 0.394 e. The van der Waals surface area contributed by atoms with E-state index in [1.807, 2.05) is 42.5 Å². The lowest BCUT2D eigenvalue weighted by Crippen LogP contribution is -2.47. The Labute approximate surface area is 189 Å². The van der Waals surface area contributed by atoms with Gasteiger partial charge < -0.3 is 15.3 Å². The Kier molecular flexibility index (Phi) is 7.48. The summed E-state index contributed by atoms with van der Waals surface area (Å²) in [5.41, 5.74) is 2.94. The van der Waals surface area contributed by atoms with E-state index in [9.17, 15) is 9.90 Å². The first-order valence-corrected chi connectivity index (χ1v) is 11.1. The molecule has 0 bridgehead atoms. The number of hydrogen-bond acceptors (Lipinski definition) is 5. The Morgan fingerprint density at radius 2 is 1.56 bits per heavy atom. The maximum Gasteiger partial charge on any atom is 0.255 e. The number of piperazine rings is 1. The third-order valence-electron chi connectivity index (χ3n) is 5.83. The van der Waals surface area contributed by atoms with E-state index in [1.54, 1.807) is 12.3 Å². The summed E-state index contributed by atoms with van der Waals surface area (Å²) in [5.74, 6) is 0.510. The first kappa shape index (κ1) is 22.0. The number of pyridine rings is 1. The Balaban J connectivity index is 1.38. The van der Waals surface area contributed by atoms with Crippen molar-refractivity contribution < 1.29 is 9.90 Å². The van der Waals surface area contributed by atoms with Gasteiger partial charge in [-0.05, 0) is 29.7 Å². The zero-order chi connectivity index (χ0) is 22.2. The molecule has 2 aromatic carbocycles. The monoisotopic (exact) mass is 430 g/mol. The van der Waals surface area contributed by atoms with Gasteiger partial charge in [0.2, 0.25) is 0 Å². The van der Waals surface area contributed by atoms with Crippen LogP contribution in [0.4, 0.5) is 5.82 Å². The van der Waals surface area contributed by atoms with Crippen molar-refractivity contribution in [2.75, 3.05) is 37.7 Å². The summed E-state index contributed by atoms with van der Waals surface area (Å²) in [7, 11) is 0. The fourth-order valence-corrected chi connectivity index (χ4v) is 4.11. The topological polar surface area (TPSA) is 68.7 Å². The first-order valence-electron chi connectivity index (χ1n) is 11.1. The summed E-state index contributed by atoms with van der Waals surface area (Å²) >= 11 is 0. The van der Waals surface area contributed by atoms with Crippen LogP contribution in [0, 0.1) is 0 Å². The molecule has 6 nitrogen and oxygen atoms in total. The number of nitrogens with one attached hydrogen (secondary N) is 1. The normalized spacial score (nSPS) is 15.3. The molecule has 1 saturated heterocycles. The Morgan fingerprint density at radius 1 is 0.906 bits per heavy atom. The minimum atomic E-state index is -0.347. The molecule has 1 unspecified atom stereocenters. The summed E-state index contributed by atoms with van der Waals surface area (Å²) in [4.78, 5) is 22.2. The molecule has 1 aliphatic heterocycles. The quantitative estimate of drug-likeness (QED) is 0.575. The number of aliphatic hydroxyl groups is 1. The zero-order valence-electron chi connectivity index (χ0n) is 18.2. The van der Waals surface area contributed by atoms with Crippen LogP contribution >= 0.6 is 0 Å². The van der Waals surface area contributed by atoms with Crippen molar-refractivity contribution in [3.63, 3.8) is 0 Å². The van der Waals surface area contributed by atoms with Crippen molar-refractivity contribution in [3.05, 3.63) is 95.7 Å². The fraction of sp³-hybridized carbons (Fsp3) is 0.308. The summed E-state index contributed by atoms with van der Waals surface area (Å²) in [5, 5.41) is 12.8. The predicted molar refractivity (Wildman–Crippen MR) is 127 cm³/mol. The van der Waals surface area contributed by atoms with Gasteiger partial charge in [0.25, 0.3) is 5.91 Å². The minimum absolute atomic E-state index is 0.117. The molecule has 0 aliphatic carbocycles. The summed E-state index contributed by atoms with van der Waals surface area (Å²) in [6, 6.07) is 23.6. The van der Waals surface area contributed by atoms with Crippen LogP contribution < -0.4 is 10.2 Å². The second-order valence-electron chi connectivity index (χ2n) is 8.17. The number of nitrogens with zero attached hydrogens (tertiary/aromatic N) is 3. The van der Waals surface area contributed by atoms with Gasteiger partial charge in [-0.25, -0.2) is 4.98 Å². The van der Waals surface area contributed by atoms with Gasteiger partial charge in [-0.15, -0.1) is 0 Å². The van der Waals surface area contributed by atoms with Crippen LogP contribution in [0.3, 0.4) is 0 Å². The first-order chi connectivity index (χ1) is 15.7. The standard InChI is InChI=1S/C26H30N4O2/c31-20-23(18-21-8-3-1-4-9-21)28-26(32)24-12-7-13-27-25(24)30-16-14-29(15-17-30)19-22-10-5-2-6-11-22/h1-13,23,31H,14-20H2,(H,28,32). The molecule has 2 N–H and O–H groups in total. The number of aliphatic hydroxyl groups excluding tert-OH is 1. The number of amides is 1. The zero-order valence-corrected chi connectivity index (χ0v) is 18.2. The van der Waals surface area contributed by atoms with Crippen molar-refractivity contribution in [1.82, 2.24) is 15.2 Å². The van der Waals surface area contributed by atoms with Gasteiger partial charge in [0.1, 0.15) is 5.82 Å². The molecule has 32 heavy (non-hydrogen) atoms. The summed E-state index contributed by atoms with van der Waals surface area (Å²) in [6.45, 7) is 4.28. The van der Waals surface area contributed by atoms with Crippen LogP contribution in [0.2, 0.25) is 0 Å². The summed E-state index contributed by atoms with van der Waals surface area (Å²) < 4.78 is 0. The van der Waals surface area contributed by atoms with Crippen LogP contribution in [-0.4, -0.2) is 59.7 Å². The van der Waals surface area contributed by atoms with E-state index in [0.717, 1.165) is 38.3 Å². The Hall–Kier alpha value is -3.22. The number of hydrogen-bond donors (Lipinski definition) is 2. The van der Waals surface area contributed by atoms with Gasteiger partial charge in [0, 0.05) is 38.9 Å². The lowest BCUT2D eigenvalue weighted by atomic mass is 10.1. The SMILES string of the molecule is O=C(NC(CO)Cc1ccccc1)c1cccnc1N1CCN(Cc2ccccc2)CC1. The minimum Gasteiger partial charge on any atom is -0.394 e. The van der Waals surface area contributed by atoms with E-state index in [0.29, 0.717) is 17.8 Å². The molecule has 2 heterocycles. The van der Waals surface area contributed by atoms with Gasteiger partial charge in [-0.1, -0.05) is 60.7 Å². The van der Waals surface area contributed by atoms with Crippen LogP contribution in [0.5, 0.6) is 0 Å². The van der Waals surface area contributed by atoms with Crippen molar-refractivity contribution >= 4 is 11.7 Å². The van der Waals surface area contributed by atoms with Crippen LogP contribution in [0.1, 0.15) is 21.5 Å². The molecule has 6 heteroatoms. The van der Waals surface area contributed by atoms with Gasteiger partial charge in [0.15, 0.2) is 0 Å². The van der Waals surface area contributed by atoms with Crippen molar-refractivity contribution in [1.29, 1.82) is 0 Å². The average Bonchev–Trinajstić information content (AvgIpc) is 2.85. The lowest BCUT2D eigenvalue weighted by molar-refractivity contribution is 0.0916. The highest BCUT2D eigenvalue weighted by Crippen LogP contribution is 2.20. The van der Waals surface area contributed by atoms with Crippen molar-refractivity contribution in [3.8, 4) is 0 Å². The smallest absolute Gasteiger partial charge is 0.255 e. The number of aromatic nitrogens is 1. The van der Waals surface area contributed by atoms with Gasteiger partial charge in [-0.3, -0.25) is 9.69 Å². The molecule has 0 spiro atoms. The van der Waals surface area contributed by atoms with Crippen LogP contribution in [0.15, 0.2) is 79.0 Å². The number of rotatable bonds is 8. The lowest BCUT2D eigenvalue weighted by Gasteiger charge is -2.36. The van der Waals surface area contributed by atoms with Crippen molar-refractivity contribution in [2.24, 2.45) is 0 Å². The third kappa shape index (κ3) is 5.72. The highest BCUT2D eigenvalue weighted by molar-refractivity contribution is 5.99. The van der Waals surface area contributed by atoms with E-state index >= 15 is 0 Å². The molecule has 3 aromatic rings. The Bertz CT molecular complexity index is 989. The molecule has 4 rings (SSSR count). The third-order valence-corrected chi connectivity index (χ3v) is 5.83. The fourth-order valence-electron chi connectivity index (χ4n) is 4.11. The van der Waals surface area contributed by atoms with Crippen LogP contribution in [0.25, 0.3) is 0 Å². The van der Waals surface area contributed by atoms with E-state index < -0.39 is 0 Å². The van der Waals surface area contributed by atoms with E-state index in [4.69, 9.17) is 0 Å². The molecule has 0 radical (unpaired) electrons. The average molecular weight is 431 g/mol. The molecule has 166 valence electrons. The number of carbonyl (C=O) groups excluding carboxylic acids is 1. The van der Waals surface area contributed by atoms with E-state index in [-0.39, 0.29) is 18.6 Å². The maximum absolute atomic E-state index is 13.1. The molecular weight excluding hydrogens is 400 g/mol. The molecule has 1 aromatic heterocycles. The highest BCUT2D eigenvalue weighted by atomic mass is 16.3. The van der Waals surface area contributed by atoms with Gasteiger partial charge >= 0.3 is 0 Å².